The summed E-state index contributed by atoms with van der Waals surface area (Å²) in [5, 5.41) is 0.594. The van der Waals surface area contributed by atoms with Gasteiger partial charge in [-0.2, -0.15) is 0 Å². The summed E-state index contributed by atoms with van der Waals surface area (Å²) in [7, 11) is 1.55. The highest BCUT2D eigenvalue weighted by Gasteiger charge is 2.64. The zero-order chi connectivity index (χ0) is 25.1. The molecular weight excluding hydrogens is 499 g/mol. The van der Waals surface area contributed by atoms with Crippen LogP contribution >= 0.6 is 23.2 Å². The average Bonchev–Trinajstić information content (AvgIpc) is 3.36. The van der Waals surface area contributed by atoms with Gasteiger partial charge in [0.1, 0.15) is 11.8 Å². The number of amides is 2. The number of Topliss-reactive ketones (excluding diaryl/α,β-unsaturated/α-hetero) is 1. The summed E-state index contributed by atoms with van der Waals surface area (Å²) in [6, 6.07) is 17.8. The molecule has 3 aliphatic rings. The number of ketones is 1. The molecule has 0 radical (unpaired) electrons. The summed E-state index contributed by atoms with van der Waals surface area (Å²) in [4.78, 5) is 44.8. The van der Waals surface area contributed by atoms with Crippen molar-refractivity contribution < 1.29 is 19.1 Å². The monoisotopic (exact) mass is 518 g/mol. The van der Waals surface area contributed by atoms with Gasteiger partial charge in [0.2, 0.25) is 11.8 Å². The van der Waals surface area contributed by atoms with Gasteiger partial charge in [0.15, 0.2) is 5.78 Å². The smallest absolute Gasteiger partial charge is 0.240 e. The van der Waals surface area contributed by atoms with E-state index in [9.17, 15) is 14.4 Å². The van der Waals surface area contributed by atoms with E-state index in [-0.39, 0.29) is 22.4 Å². The number of carbonyl (C=O) groups excluding carboxylic acids is 3. The minimum Gasteiger partial charge on any atom is -0.497 e. The number of nitrogens with zero attached hydrogens (tertiary/aromatic N) is 2. The first-order valence-corrected chi connectivity index (χ1v) is 12.2. The number of hydrogen-bond donors (Lipinski definition) is 0. The number of methoxy groups -OCH3 is 1. The van der Waals surface area contributed by atoms with Crippen molar-refractivity contribution in [2.24, 2.45) is 11.8 Å². The molecule has 3 heterocycles. The fraction of sp³-hybridized carbons (Fsp3) is 0.179. The van der Waals surface area contributed by atoms with Crippen LogP contribution in [-0.4, -0.2) is 35.6 Å². The van der Waals surface area contributed by atoms with Gasteiger partial charge < -0.3 is 9.64 Å². The Morgan fingerprint density at radius 2 is 1.64 bits per heavy atom. The number of hydrogen-bond acceptors (Lipinski definition) is 5. The summed E-state index contributed by atoms with van der Waals surface area (Å²) in [6.45, 7) is 0. The highest BCUT2D eigenvalue weighted by Crippen LogP contribution is 2.54. The quantitative estimate of drug-likeness (QED) is 0.341. The standard InChI is InChI=1S/C28H20Cl2N2O4/c1-36-18-9-6-16(7-10-18)26(33)25-23-22(24-19-5-3-2-4-15(19)12-13-31(24)25)27(34)32(28(23)35)21-11-8-17(29)14-20(21)30/h2-14,22-25H,1H3/t22-,23+,24-,25-/m0/s1. The molecule has 0 bridgehead atoms. The predicted octanol–water partition coefficient (Wildman–Crippen LogP) is 5.40. The van der Waals surface area contributed by atoms with Gasteiger partial charge in [-0.05, 0) is 59.7 Å². The Kier molecular flexibility index (Phi) is 5.39. The first-order valence-electron chi connectivity index (χ1n) is 11.5. The molecule has 0 aromatic heterocycles. The topological polar surface area (TPSA) is 66.9 Å². The molecule has 6 rings (SSSR count). The second kappa shape index (κ2) is 8.50. The summed E-state index contributed by atoms with van der Waals surface area (Å²) in [5.74, 6) is -2.05. The average molecular weight is 519 g/mol. The second-order valence-corrected chi connectivity index (χ2v) is 9.88. The number of rotatable bonds is 4. The van der Waals surface area contributed by atoms with E-state index in [1.165, 1.54) is 6.07 Å². The lowest BCUT2D eigenvalue weighted by Gasteiger charge is -2.35. The Labute approximate surface area is 217 Å². The molecule has 180 valence electrons. The molecule has 3 aliphatic heterocycles. The van der Waals surface area contributed by atoms with Gasteiger partial charge in [0.05, 0.1) is 35.7 Å². The van der Waals surface area contributed by atoms with Crippen LogP contribution in [0.4, 0.5) is 5.69 Å². The van der Waals surface area contributed by atoms with Gasteiger partial charge in [-0.1, -0.05) is 47.5 Å². The Morgan fingerprint density at radius 3 is 2.36 bits per heavy atom. The van der Waals surface area contributed by atoms with Crippen molar-refractivity contribution >= 4 is 52.6 Å². The van der Waals surface area contributed by atoms with E-state index in [1.807, 2.05) is 41.4 Å². The third kappa shape index (κ3) is 3.29. The fourth-order valence-corrected chi connectivity index (χ4v) is 6.18. The Hall–Kier alpha value is -3.61. The predicted molar refractivity (Wildman–Crippen MR) is 137 cm³/mol. The van der Waals surface area contributed by atoms with Gasteiger partial charge in [0, 0.05) is 16.8 Å². The van der Waals surface area contributed by atoms with E-state index in [0.717, 1.165) is 16.0 Å². The number of halogens is 2. The van der Waals surface area contributed by atoms with Gasteiger partial charge in [-0.25, -0.2) is 4.90 Å². The Balaban J connectivity index is 1.49. The molecule has 0 N–H and O–H groups in total. The molecule has 2 amide bonds. The van der Waals surface area contributed by atoms with E-state index >= 15 is 0 Å². The molecule has 0 saturated carbocycles. The third-order valence-electron chi connectivity index (χ3n) is 7.26. The maximum Gasteiger partial charge on any atom is 0.240 e. The number of ether oxygens (including phenoxy) is 1. The van der Waals surface area contributed by atoms with Gasteiger partial charge in [-0.15, -0.1) is 0 Å². The maximum atomic E-state index is 13.9. The summed E-state index contributed by atoms with van der Waals surface area (Å²) in [6.07, 6.45) is 3.75. The largest absolute Gasteiger partial charge is 0.497 e. The van der Waals surface area contributed by atoms with Gasteiger partial charge >= 0.3 is 0 Å². The van der Waals surface area contributed by atoms with Crippen molar-refractivity contribution in [2.45, 2.75) is 12.1 Å². The van der Waals surface area contributed by atoms with Crippen molar-refractivity contribution in [1.82, 2.24) is 4.90 Å². The van der Waals surface area contributed by atoms with Crippen molar-refractivity contribution in [1.29, 1.82) is 0 Å². The molecule has 8 heteroatoms. The molecule has 2 fully saturated rings. The van der Waals surface area contributed by atoms with E-state index in [2.05, 4.69) is 0 Å². The van der Waals surface area contributed by atoms with Gasteiger partial charge in [0.25, 0.3) is 0 Å². The lowest BCUT2D eigenvalue weighted by atomic mass is 9.83. The molecule has 3 aromatic rings. The molecule has 3 aromatic carbocycles. The van der Waals surface area contributed by atoms with Crippen molar-refractivity contribution in [3.05, 3.63) is 99.7 Å². The van der Waals surface area contributed by atoms with Crippen molar-refractivity contribution in [3.8, 4) is 5.75 Å². The first-order chi connectivity index (χ1) is 17.4. The molecule has 0 unspecified atom stereocenters. The van der Waals surface area contributed by atoms with Crippen molar-refractivity contribution in [2.75, 3.05) is 12.0 Å². The number of fused-ring (bicyclic) bond motifs is 5. The molecule has 0 aliphatic carbocycles. The van der Waals surface area contributed by atoms with E-state index in [4.69, 9.17) is 27.9 Å². The molecule has 6 nitrogen and oxygen atoms in total. The van der Waals surface area contributed by atoms with Crippen molar-refractivity contribution in [3.63, 3.8) is 0 Å². The van der Waals surface area contributed by atoms with Crippen LogP contribution in [0.2, 0.25) is 10.0 Å². The minimum absolute atomic E-state index is 0.197. The maximum absolute atomic E-state index is 13.9. The highest BCUT2D eigenvalue weighted by atomic mass is 35.5. The van der Waals surface area contributed by atoms with Crippen LogP contribution < -0.4 is 9.64 Å². The highest BCUT2D eigenvalue weighted by molar-refractivity contribution is 6.38. The van der Waals surface area contributed by atoms with E-state index in [1.54, 1.807) is 43.5 Å². The SMILES string of the molecule is COc1ccc(C(=O)[C@@H]2[C@@H]3C(=O)N(c4ccc(Cl)cc4Cl)C(=O)[C@@H]3[C@@H]3c4ccccc4C=CN23)cc1. The van der Waals surface area contributed by atoms with Gasteiger partial charge in [-0.3, -0.25) is 14.4 Å². The first kappa shape index (κ1) is 22.8. The molecule has 36 heavy (non-hydrogen) atoms. The van der Waals surface area contributed by atoms with Crippen LogP contribution in [0.1, 0.15) is 27.5 Å². The fourth-order valence-electron chi connectivity index (χ4n) is 5.68. The van der Waals surface area contributed by atoms with Crippen LogP contribution in [0.15, 0.2) is 72.9 Å². The minimum atomic E-state index is -0.875. The summed E-state index contributed by atoms with van der Waals surface area (Å²) in [5.41, 5.74) is 2.58. The zero-order valence-corrected chi connectivity index (χ0v) is 20.6. The van der Waals surface area contributed by atoms with Crippen LogP contribution in [0, 0.1) is 11.8 Å². The lowest BCUT2D eigenvalue weighted by Crippen LogP contribution is -2.44. The van der Waals surface area contributed by atoms with E-state index < -0.39 is 29.8 Å². The molecular formula is C28H20Cl2N2O4. The summed E-state index contributed by atoms with van der Waals surface area (Å²) < 4.78 is 5.22. The normalized spacial score (nSPS) is 24.0. The Morgan fingerprint density at radius 1 is 0.917 bits per heavy atom. The van der Waals surface area contributed by atoms with Crippen LogP contribution in [-0.2, 0) is 9.59 Å². The van der Waals surface area contributed by atoms with Crippen LogP contribution in [0.25, 0.3) is 6.08 Å². The number of anilines is 1. The molecule has 4 atom stereocenters. The summed E-state index contributed by atoms with van der Waals surface area (Å²) >= 11 is 12.5. The number of imide groups is 1. The number of benzene rings is 3. The van der Waals surface area contributed by atoms with Crippen LogP contribution in [0.5, 0.6) is 5.75 Å². The zero-order valence-electron chi connectivity index (χ0n) is 19.1. The Bertz CT molecular complexity index is 1450. The third-order valence-corrected chi connectivity index (χ3v) is 7.79. The van der Waals surface area contributed by atoms with E-state index in [0.29, 0.717) is 16.3 Å². The second-order valence-electron chi connectivity index (χ2n) is 9.03. The van der Waals surface area contributed by atoms with Crippen LogP contribution in [0.3, 0.4) is 0 Å². The molecule has 0 spiro atoms. The lowest BCUT2D eigenvalue weighted by molar-refractivity contribution is -0.123. The number of carbonyl (C=O) groups is 3. The molecule has 2 saturated heterocycles.